The third-order valence-electron chi connectivity index (χ3n) is 4.03. The minimum atomic E-state index is -0.447. The normalized spacial score (nSPS) is 21.8. The molecule has 2 unspecified atom stereocenters. The van der Waals surface area contributed by atoms with E-state index < -0.39 is 5.60 Å². The summed E-state index contributed by atoms with van der Waals surface area (Å²) >= 11 is 0. The van der Waals surface area contributed by atoms with Crippen molar-refractivity contribution in [2.45, 2.75) is 58.2 Å². The van der Waals surface area contributed by atoms with E-state index in [1.165, 1.54) is 12.1 Å². The zero-order valence-electron chi connectivity index (χ0n) is 14.1. The first-order valence-electron chi connectivity index (χ1n) is 8.02. The molecular formula is C16H28N4O2. The van der Waals surface area contributed by atoms with E-state index in [-0.39, 0.29) is 6.09 Å². The van der Waals surface area contributed by atoms with Crippen LogP contribution in [0, 0.1) is 5.92 Å². The number of rotatable bonds is 5. The number of alkyl carbamates (subject to hydrolysis) is 1. The molecule has 0 spiro atoms. The Kier molecular flexibility index (Phi) is 5.45. The molecule has 1 aliphatic rings. The molecule has 1 aliphatic carbocycles. The fourth-order valence-corrected chi connectivity index (χ4v) is 2.89. The maximum absolute atomic E-state index is 11.7. The van der Waals surface area contributed by atoms with Gasteiger partial charge < -0.3 is 15.4 Å². The van der Waals surface area contributed by atoms with Gasteiger partial charge in [0.2, 0.25) is 0 Å². The van der Waals surface area contributed by atoms with Crippen molar-refractivity contribution in [2.75, 3.05) is 6.54 Å². The molecule has 0 aliphatic heterocycles. The van der Waals surface area contributed by atoms with Gasteiger partial charge in [0.15, 0.2) is 0 Å². The first-order chi connectivity index (χ1) is 10.3. The molecule has 2 atom stereocenters. The number of nitrogens with zero attached hydrogens (tertiary/aromatic N) is 2. The van der Waals surface area contributed by atoms with Gasteiger partial charge in [-0.05, 0) is 45.6 Å². The van der Waals surface area contributed by atoms with Crippen LogP contribution in [0.5, 0.6) is 0 Å². The van der Waals surface area contributed by atoms with Crippen LogP contribution in [0.15, 0.2) is 12.3 Å². The highest BCUT2D eigenvalue weighted by Gasteiger charge is 2.28. The van der Waals surface area contributed by atoms with Crippen molar-refractivity contribution in [3.05, 3.63) is 18.0 Å². The number of nitrogens with one attached hydrogen (secondary N) is 2. The lowest BCUT2D eigenvalue weighted by Crippen LogP contribution is -2.41. The van der Waals surface area contributed by atoms with Crippen LogP contribution in [0.2, 0.25) is 0 Å². The van der Waals surface area contributed by atoms with Crippen molar-refractivity contribution in [3.63, 3.8) is 0 Å². The summed E-state index contributed by atoms with van der Waals surface area (Å²) < 4.78 is 7.17. The Morgan fingerprint density at radius 1 is 1.45 bits per heavy atom. The summed E-state index contributed by atoms with van der Waals surface area (Å²) in [6, 6.07) is 2.46. The second-order valence-electron chi connectivity index (χ2n) is 7.01. The van der Waals surface area contributed by atoms with Crippen LogP contribution >= 0.6 is 0 Å². The maximum atomic E-state index is 11.7. The smallest absolute Gasteiger partial charge is 0.407 e. The quantitative estimate of drug-likeness (QED) is 0.875. The van der Waals surface area contributed by atoms with E-state index in [2.05, 4.69) is 15.7 Å². The Balaban J connectivity index is 1.76. The largest absolute Gasteiger partial charge is 0.444 e. The van der Waals surface area contributed by atoms with E-state index in [4.69, 9.17) is 4.74 Å². The predicted octanol–water partition coefficient (Wildman–Crippen LogP) is 2.20. The summed E-state index contributed by atoms with van der Waals surface area (Å²) in [7, 11) is 1.95. The van der Waals surface area contributed by atoms with Crippen LogP contribution in [-0.4, -0.2) is 34.1 Å². The molecule has 6 heteroatoms. The molecule has 1 saturated carbocycles. The van der Waals surface area contributed by atoms with E-state index >= 15 is 0 Å². The van der Waals surface area contributed by atoms with Gasteiger partial charge in [-0.25, -0.2) is 4.79 Å². The van der Waals surface area contributed by atoms with Crippen molar-refractivity contribution in [2.24, 2.45) is 13.0 Å². The molecule has 0 aromatic carbocycles. The monoisotopic (exact) mass is 308 g/mol. The lowest BCUT2D eigenvalue weighted by Gasteiger charge is -2.23. The number of carbonyl (C=O) groups excluding carboxylic acids is 1. The minimum Gasteiger partial charge on any atom is -0.444 e. The third kappa shape index (κ3) is 5.02. The summed E-state index contributed by atoms with van der Waals surface area (Å²) in [5.74, 6) is 0.459. The summed E-state index contributed by atoms with van der Waals surface area (Å²) in [6.45, 7) is 7.10. The molecule has 2 N–H and O–H groups in total. The van der Waals surface area contributed by atoms with E-state index in [1.54, 1.807) is 0 Å². The number of amides is 1. The van der Waals surface area contributed by atoms with E-state index in [1.807, 2.05) is 44.8 Å². The maximum Gasteiger partial charge on any atom is 0.407 e. The molecule has 2 rings (SSSR count). The van der Waals surface area contributed by atoms with Crippen LogP contribution in [0.4, 0.5) is 4.79 Å². The van der Waals surface area contributed by atoms with Gasteiger partial charge in [0, 0.05) is 32.4 Å². The van der Waals surface area contributed by atoms with Crippen LogP contribution in [0.25, 0.3) is 0 Å². The molecule has 0 saturated heterocycles. The van der Waals surface area contributed by atoms with E-state index in [0.29, 0.717) is 18.5 Å². The average molecular weight is 308 g/mol. The molecule has 1 fully saturated rings. The van der Waals surface area contributed by atoms with Gasteiger partial charge in [-0.2, -0.15) is 5.10 Å². The molecular weight excluding hydrogens is 280 g/mol. The molecule has 1 aromatic heterocycles. The third-order valence-corrected chi connectivity index (χ3v) is 4.03. The van der Waals surface area contributed by atoms with Crippen molar-refractivity contribution in [3.8, 4) is 0 Å². The van der Waals surface area contributed by atoms with Gasteiger partial charge in [0.25, 0.3) is 0 Å². The number of aryl methyl sites for hydroxylation is 1. The van der Waals surface area contributed by atoms with Crippen molar-refractivity contribution in [1.82, 2.24) is 20.4 Å². The molecule has 124 valence electrons. The average Bonchev–Trinajstić information content (AvgIpc) is 3.00. The molecule has 0 radical (unpaired) electrons. The Morgan fingerprint density at radius 3 is 2.86 bits per heavy atom. The number of hydrogen-bond donors (Lipinski definition) is 2. The first-order valence-corrected chi connectivity index (χ1v) is 8.02. The molecule has 1 heterocycles. The van der Waals surface area contributed by atoms with E-state index in [0.717, 1.165) is 19.4 Å². The molecule has 1 aromatic rings. The predicted molar refractivity (Wildman–Crippen MR) is 85.4 cm³/mol. The summed E-state index contributed by atoms with van der Waals surface area (Å²) in [6.07, 6.45) is 4.97. The SMILES string of the molecule is Cn1nccc1CNC1CCCC1CNC(=O)OC(C)(C)C. The lowest BCUT2D eigenvalue weighted by atomic mass is 10.0. The molecule has 22 heavy (non-hydrogen) atoms. The van der Waals surface area contributed by atoms with Crippen molar-refractivity contribution < 1.29 is 9.53 Å². The minimum absolute atomic E-state index is 0.329. The van der Waals surface area contributed by atoms with Gasteiger partial charge >= 0.3 is 6.09 Å². The zero-order valence-corrected chi connectivity index (χ0v) is 14.1. The van der Waals surface area contributed by atoms with Crippen molar-refractivity contribution in [1.29, 1.82) is 0 Å². The number of aromatic nitrogens is 2. The highest BCUT2D eigenvalue weighted by Crippen LogP contribution is 2.25. The summed E-state index contributed by atoms with van der Waals surface area (Å²) in [4.78, 5) is 11.7. The fraction of sp³-hybridized carbons (Fsp3) is 0.750. The summed E-state index contributed by atoms with van der Waals surface area (Å²) in [5, 5.41) is 10.7. The first kappa shape index (κ1) is 16.8. The molecule has 1 amide bonds. The van der Waals surface area contributed by atoms with Gasteiger partial charge in [-0.3, -0.25) is 4.68 Å². The van der Waals surface area contributed by atoms with Gasteiger partial charge in [0.1, 0.15) is 5.60 Å². The summed E-state index contributed by atoms with van der Waals surface area (Å²) in [5.41, 5.74) is 0.725. The topological polar surface area (TPSA) is 68.2 Å². The Hall–Kier alpha value is -1.56. The van der Waals surface area contributed by atoms with Gasteiger partial charge in [-0.1, -0.05) is 6.42 Å². The van der Waals surface area contributed by atoms with Gasteiger partial charge in [-0.15, -0.1) is 0 Å². The number of ether oxygens (including phenoxy) is 1. The van der Waals surface area contributed by atoms with Crippen LogP contribution in [0.3, 0.4) is 0 Å². The van der Waals surface area contributed by atoms with Crippen LogP contribution in [-0.2, 0) is 18.3 Å². The highest BCUT2D eigenvalue weighted by molar-refractivity contribution is 5.67. The standard InChI is InChI=1S/C16H28N4O2/c1-16(2,3)22-15(21)18-10-12-6-5-7-14(12)17-11-13-8-9-19-20(13)4/h8-9,12,14,17H,5-7,10-11H2,1-4H3,(H,18,21). The highest BCUT2D eigenvalue weighted by atomic mass is 16.6. The second-order valence-corrected chi connectivity index (χ2v) is 7.01. The second kappa shape index (κ2) is 7.13. The molecule has 0 bridgehead atoms. The van der Waals surface area contributed by atoms with Crippen LogP contribution < -0.4 is 10.6 Å². The Morgan fingerprint density at radius 2 is 2.23 bits per heavy atom. The van der Waals surface area contributed by atoms with Crippen molar-refractivity contribution >= 4 is 6.09 Å². The number of hydrogen-bond acceptors (Lipinski definition) is 4. The Labute approximate surface area is 132 Å². The lowest BCUT2D eigenvalue weighted by molar-refractivity contribution is 0.0517. The van der Waals surface area contributed by atoms with Crippen LogP contribution in [0.1, 0.15) is 45.7 Å². The van der Waals surface area contributed by atoms with Gasteiger partial charge in [0.05, 0.1) is 5.69 Å². The fourth-order valence-electron chi connectivity index (χ4n) is 2.89. The van der Waals surface area contributed by atoms with E-state index in [9.17, 15) is 4.79 Å². The Bertz CT molecular complexity index is 493. The number of carbonyl (C=O) groups is 1. The zero-order chi connectivity index (χ0) is 16.2. The molecule has 6 nitrogen and oxygen atoms in total.